The summed E-state index contributed by atoms with van der Waals surface area (Å²) in [5.41, 5.74) is 6.15. The zero-order valence-corrected chi connectivity index (χ0v) is 8.84. The first kappa shape index (κ1) is 14.4. The van der Waals surface area contributed by atoms with Crippen LogP contribution in [0.5, 0.6) is 0 Å². The van der Waals surface area contributed by atoms with Crippen molar-refractivity contribution < 1.29 is 0 Å². The summed E-state index contributed by atoms with van der Waals surface area (Å²) in [7, 11) is 0. The first-order chi connectivity index (χ1) is 4.72. The maximum atomic E-state index is 5.62. The Morgan fingerprint density at radius 3 is 2.42 bits per heavy atom. The minimum atomic E-state index is 0. The van der Waals surface area contributed by atoms with E-state index in [1.807, 2.05) is 6.92 Å². The van der Waals surface area contributed by atoms with Gasteiger partial charge in [0.2, 0.25) is 0 Å². The zero-order valence-electron chi connectivity index (χ0n) is 6.45. The average Bonchev–Trinajstić information content (AvgIpc) is 1.85. The van der Waals surface area contributed by atoms with Gasteiger partial charge >= 0.3 is 0 Å². The van der Waals surface area contributed by atoms with Gasteiger partial charge in [-0.25, -0.2) is 9.97 Å². The molecule has 70 valence electrons. The highest BCUT2D eigenvalue weighted by molar-refractivity contribution is 6.29. The normalized spacial score (nSPS) is 8.25. The molecule has 1 aromatic heterocycles. The molecule has 0 saturated heterocycles. The predicted octanol–water partition coefficient (Wildman–Crippen LogP) is 1.74. The molecule has 6 heteroatoms. The Hall–Kier alpha value is -0.0900. The summed E-state index contributed by atoms with van der Waals surface area (Å²) in [6.45, 7) is 2.19. The van der Waals surface area contributed by atoms with Crippen LogP contribution in [0.1, 0.15) is 11.5 Å². The second-order valence-electron chi connectivity index (χ2n) is 1.95. The number of rotatable bonds is 1. The van der Waals surface area contributed by atoms with Crippen LogP contribution in [-0.2, 0) is 6.54 Å². The number of hydrogen-bond acceptors (Lipinski definition) is 3. The van der Waals surface area contributed by atoms with Crippen molar-refractivity contribution >= 4 is 36.4 Å². The topological polar surface area (TPSA) is 51.8 Å². The highest BCUT2D eigenvalue weighted by Gasteiger charge is 1.96. The Labute approximate surface area is 88.5 Å². The third-order valence-electron chi connectivity index (χ3n) is 1.05. The van der Waals surface area contributed by atoms with Gasteiger partial charge in [-0.3, -0.25) is 0 Å². The van der Waals surface area contributed by atoms with E-state index >= 15 is 0 Å². The Bertz CT molecular complexity index is 221. The summed E-state index contributed by atoms with van der Waals surface area (Å²) < 4.78 is 0. The minimum absolute atomic E-state index is 0. The van der Waals surface area contributed by atoms with E-state index in [4.69, 9.17) is 17.3 Å². The molecular weight excluding hydrogens is 220 g/mol. The van der Waals surface area contributed by atoms with Gasteiger partial charge in [-0.05, 0) is 13.0 Å². The molecule has 0 aliphatic rings. The van der Waals surface area contributed by atoms with Gasteiger partial charge in [0.15, 0.2) is 0 Å². The van der Waals surface area contributed by atoms with Crippen LogP contribution in [0.25, 0.3) is 0 Å². The lowest BCUT2D eigenvalue weighted by Gasteiger charge is -1.96. The first-order valence-corrected chi connectivity index (χ1v) is 3.30. The van der Waals surface area contributed by atoms with Crippen LogP contribution in [0.4, 0.5) is 0 Å². The molecule has 3 nitrogen and oxygen atoms in total. The first-order valence-electron chi connectivity index (χ1n) is 2.92. The second-order valence-corrected chi connectivity index (χ2v) is 2.34. The van der Waals surface area contributed by atoms with Crippen LogP contribution >= 0.6 is 36.4 Å². The van der Waals surface area contributed by atoms with Crippen molar-refractivity contribution in [3.05, 3.63) is 22.7 Å². The lowest BCUT2D eigenvalue weighted by atomic mass is 10.4. The molecule has 0 amide bonds. The summed E-state index contributed by atoms with van der Waals surface area (Å²) in [5.74, 6) is 0.588. The van der Waals surface area contributed by atoms with Gasteiger partial charge in [-0.1, -0.05) is 11.6 Å². The molecule has 0 radical (unpaired) electrons. The van der Waals surface area contributed by atoms with E-state index in [1.54, 1.807) is 6.07 Å². The predicted molar refractivity (Wildman–Crippen MR) is 54.2 cm³/mol. The van der Waals surface area contributed by atoms with Crippen LogP contribution in [0.2, 0.25) is 5.15 Å². The zero-order chi connectivity index (χ0) is 7.56. The Morgan fingerprint density at radius 2 is 2.00 bits per heavy atom. The Morgan fingerprint density at radius 1 is 1.42 bits per heavy atom. The molecule has 2 N–H and O–H groups in total. The van der Waals surface area contributed by atoms with E-state index in [0.29, 0.717) is 17.5 Å². The Kier molecular flexibility index (Phi) is 7.73. The lowest BCUT2D eigenvalue weighted by molar-refractivity contribution is 0.891. The lowest BCUT2D eigenvalue weighted by Crippen LogP contribution is -2.03. The van der Waals surface area contributed by atoms with Crippen molar-refractivity contribution in [2.45, 2.75) is 13.5 Å². The molecule has 0 atom stereocenters. The molecule has 0 fully saturated rings. The molecule has 0 saturated carbocycles. The summed E-state index contributed by atoms with van der Waals surface area (Å²) >= 11 is 5.62. The number of hydrogen-bond donors (Lipinski definition) is 1. The fraction of sp³-hybridized carbons (Fsp3) is 0.333. The summed E-state index contributed by atoms with van der Waals surface area (Å²) in [4.78, 5) is 7.91. The van der Waals surface area contributed by atoms with Crippen molar-refractivity contribution in [1.29, 1.82) is 0 Å². The van der Waals surface area contributed by atoms with Crippen molar-refractivity contribution in [2.75, 3.05) is 0 Å². The molecule has 1 aromatic rings. The van der Waals surface area contributed by atoms with Crippen LogP contribution < -0.4 is 5.73 Å². The van der Waals surface area contributed by atoms with Gasteiger partial charge in [0.25, 0.3) is 0 Å². The molecule has 0 aliphatic carbocycles. The largest absolute Gasteiger partial charge is 0.324 e. The summed E-state index contributed by atoms with van der Waals surface area (Å²) in [6.07, 6.45) is 0. The average molecular weight is 231 g/mol. The molecule has 0 spiro atoms. The molecular formula is C6H10Cl3N3. The van der Waals surface area contributed by atoms with E-state index in [0.717, 1.165) is 5.69 Å². The smallest absolute Gasteiger partial charge is 0.143 e. The van der Waals surface area contributed by atoms with E-state index in [1.165, 1.54) is 0 Å². The molecule has 12 heavy (non-hydrogen) atoms. The molecule has 1 rings (SSSR count). The highest BCUT2D eigenvalue weighted by Crippen LogP contribution is 2.05. The van der Waals surface area contributed by atoms with Crippen molar-refractivity contribution in [2.24, 2.45) is 5.73 Å². The standard InChI is InChI=1S/C6H8ClN3.2ClH/c1-4-2-5(7)10-6(3-8)9-4;;/h2H,3,8H2,1H3;2*1H. The molecule has 0 aliphatic heterocycles. The number of aromatic nitrogens is 2. The summed E-state index contributed by atoms with van der Waals surface area (Å²) in [5, 5.41) is 0.452. The third kappa shape index (κ3) is 4.07. The van der Waals surface area contributed by atoms with E-state index in [2.05, 4.69) is 9.97 Å². The fourth-order valence-corrected chi connectivity index (χ4v) is 0.936. The number of aryl methyl sites for hydroxylation is 1. The van der Waals surface area contributed by atoms with Crippen LogP contribution in [-0.4, -0.2) is 9.97 Å². The second kappa shape index (κ2) is 6.43. The SMILES string of the molecule is Cc1cc(Cl)nc(CN)n1.Cl.Cl. The van der Waals surface area contributed by atoms with Gasteiger partial charge in [-0.15, -0.1) is 24.8 Å². The van der Waals surface area contributed by atoms with Gasteiger partial charge in [-0.2, -0.15) is 0 Å². The minimum Gasteiger partial charge on any atom is -0.324 e. The van der Waals surface area contributed by atoms with Gasteiger partial charge in [0.1, 0.15) is 11.0 Å². The fourth-order valence-electron chi connectivity index (χ4n) is 0.680. The monoisotopic (exact) mass is 229 g/mol. The maximum absolute atomic E-state index is 5.62. The van der Waals surface area contributed by atoms with E-state index in [9.17, 15) is 0 Å². The maximum Gasteiger partial charge on any atom is 0.143 e. The van der Waals surface area contributed by atoms with E-state index in [-0.39, 0.29) is 24.8 Å². The molecule has 0 bridgehead atoms. The highest BCUT2D eigenvalue weighted by atomic mass is 35.5. The summed E-state index contributed by atoms with van der Waals surface area (Å²) in [6, 6.07) is 1.70. The van der Waals surface area contributed by atoms with Gasteiger partial charge in [0, 0.05) is 5.69 Å². The van der Waals surface area contributed by atoms with Crippen molar-refractivity contribution in [3.8, 4) is 0 Å². The quantitative estimate of drug-likeness (QED) is 0.748. The van der Waals surface area contributed by atoms with Gasteiger partial charge in [0.05, 0.1) is 6.54 Å². The molecule has 0 unspecified atom stereocenters. The number of nitrogens with two attached hydrogens (primary N) is 1. The van der Waals surface area contributed by atoms with Crippen molar-refractivity contribution in [1.82, 2.24) is 9.97 Å². The van der Waals surface area contributed by atoms with Crippen LogP contribution in [0, 0.1) is 6.92 Å². The number of halogens is 3. The van der Waals surface area contributed by atoms with E-state index < -0.39 is 0 Å². The van der Waals surface area contributed by atoms with Crippen LogP contribution in [0.15, 0.2) is 6.07 Å². The van der Waals surface area contributed by atoms with Gasteiger partial charge < -0.3 is 5.73 Å². The Balaban J connectivity index is 0. The molecule has 0 aromatic carbocycles. The van der Waals surface area contributed by atoms with Crippen LogP contribution in [0.3, 0.4) is 0 Å². The molecule has 1 heterocycles. The third-order valence-corrected chi connectivity index (χ3v) is 1.25. The van der Waals surface area contributed by atoms with Crippen molar-refractivity contribution in [3.63, 3.8) is 0 Å². The number of nitrogens with zero attached hydrogens (tertiary/aromatic N) is 2.